The third kappa shape index (κ3) is 3.43. The van der Waals surface area contributed by atoms with Crippen LogP contribution in [0.4, 0.5) is 0 Å². The summed E-state index contributed by atoms with van der Waals surface area (Å²) in [4.78, 5) is 11.6. The number of benzene rings is 2. The quantitative estimate of drug-likeness (QED) is 0.893. The molecule has 0 bridgehead atoms. The van der Waals surface area contributed by atoms with E-state index in [1.165, 1.54) is 4.31 Å². The second kappa shape index (κ2) is 7.05. The highest BCUT2D eigenvalue weighted by Crippen LogP contribution is 2.35. The van der Waals surface area contributed by atoms with E-state index in [9.17, 15) is 18.3 Å². The molecule has 0 saturated carbocycles. The number of nitrogens with zero attached hydrogens (tertiary/aromatic N) is 1. The van der Waals surface area contributed by atoms with E-state index in [0.29, 0.717) is 12.0 Å². The van der Waals surface area contributed by atoms with Gasteiger partial charge in [-0.25, -0.2) is 13.2 Å². The molecule has 6 heteroatoms. The van der Waals surface area contributed by atoms with Gasteiger partial charge in [-0.15, -0.1) is 0 Å². The summed E-state index contributed by atoms with van der Waals surface area (Å²) in [5, 5.41) is 9.35. The number of aliphatic carboxylic acids is 1. The van der Waals surface area contributed by atoms with E-state index in [4.69, 9.17) is 0 Å². The van der Waals surface area contributed by atoms with Gasteiger partial charge >= 0.3 is 5.97 Å². The maximum absolute atomic E-state index is 13.3. The van der Waals surface area contributed by atoms with Gasteiger partial charge in [0.25, 0.3) is 0 Å². The van der Waals surface area contributed by atoms with Crippen LogP contribution in [0.1, 0.15) is 29.2 Å². The number of carboxylic acid groups (broad SMARTS) is 1. The highest BCUT2D eigenvalue weighted by Gasteiger charge is 2.37. The molecule has 136 valence electrons. The lowest BCUT2D eigenvalue weighted by molar-refractivity contribution is -0.133. The summed E-state index contributed by atoms with van der Waals surface area (Å²) in [5.74, 6) is -1.09. The van der Waals surface area contributed by atoms with Gasteiger partial charge in [-0.2, -0.15) is 4.31 Å². The molecule has 1 heterocycles. The van der Waals surface area contributed by atoms with Crippen LogP contribution in [0.2, 0.25) is 0 Å². The standard InChI is InChI=1S/C20H21NO4S/c1-14-7-9-16(10-8-14)18-12-11-17(20(22)23)13-21(18)26(24,25)19-6-4-3-5-15(19)2/h3-11,18H,12-13H2,1-2H3,(H,22,23). The first kappa shape index (κ1) is 18.4. The SMILES string of the molecule is Cc1ccc(C2CC=C(C(=O)O)CN2S(=O)(=O)c2ccccc2C)cc1. The average Bonchev–Trinajstić information content (AvgIpc) is 2.62. The smallest absolute Gasteiger partial charge is 0.332 e. The van der Waals surface area contributed by atoms with Gasteiger partial charge in [0.15, 0.2) is 0 Å². The van der Waals surface area contributed by atoms with Gasteiger partial charge in [0.1, 0.15) is 0 Å². The van der Waals surface area contributed by atoms with Crippen molar-refractivity contribution in [3.63, 3.8) is 0 Å². The summed E-state index contributed by atoms with van der Waals surface area (Å²) in [6.07, 6.45) is 1.95. The van der Waals surface area contributed by atoms with Gasteiger partial charge < -0.3 is 5.11 Å². The molecule has 1 aliphatic rings. The molecule has 0 radical (unpaired) electrons. The summed E-state index contributed by atoms with van der Waals surface area (Å²) in [6.45, 7) is 3.56. The fraction of sp³-hybridized carbons (Fsp3) is 0.250. The predicted octanol–water partition coefficient (Wildman–Crippen LogP) is 3.45. The van der Waals surface area contributed by atoms with Gasteiger partial charge in [-0.3, -0.25) is 0 Å². The van der Waals surface area contributed by atoms with Gasteiger partial charge in [0.2, 0.25) is 10.0 Å². The van der Waals surface area contributed by atoms with Gasteiger partial charge in [0, 0.05) is 12.1 Å². The molecular weight excluding hydrogens is 350 g/mol. The van der Waals surface area contributed by atoms with E-state index in [0.717, 1.165) is 11.1 Å². The molecule has 3 rings (SSSR count). The van der Waals surface area contributed by atoms with Crippen LogP contribution in [-0.4, -0.2) is 30.3 Å². The van der Waals surface area contributed by atoms with Crippen LogP contribution in [-0.2, 0) is 14.8 Å². The third-order valence-electron chi connectivity index (χ3n) is 4.68. The molecule has 0 aromatic heterocycles. The first-order valence-corrected chi connectivity index (χ1v) is 9.81. The lowest BCUT2D eigenvalue weighted by Gasteiger charge is -2.34. The molecular formula is C20H21NO4S. The monoisotopic (exact) mass is 371 g/mol. The molecule has 0 amide bonds. The molecule has 26 heavy (non-hydrogen) atoms. The van der Waals surface area contributed by atoms with Crippen molar-refractivity contribution in [3.8, 4) is 0 Å². The van der Waals surface area contributed by atoms with E-state index in [2.05, 4.69) is 0 Å². The zero-order valence-corrected chi connectivity index (χ0v) is 15.5. The minimum atomic E-state index is -3.84. The summed E-state index contributed by atoms with van der Waals surface area (Å²) in [7, 11) is -3.84. The van der Waals surface area contributed by atoms with Crippen molar-refractivity contribution >= 4 is 16.0 Å². The largest absolute Gasteiger partial charge is 0.478 e. The molecule has 2 aromatic rings. The Hall–Kier alpha value is -2.44. The van der Waals surface area contributed by atoms with Crippen molar-refractivity contribution in [1.82, 2.24) is 4.31 Å². The molecule has 0 aliphatic carbocycles. The Morgan fingerprint density at radius 1 is 1.08 bits per heavy atom. The molecule has 1 aliphatic heterocycles. The first-order valence-electron chi connectivity index (χ1n) is 8.37. The van der Waals surface area contributed by atoms with E-state index < -0.39 is 22.0 Å². The van der Waals surface area contributed by atoms with Crippen LogP contribution in [0, 0.1) is 13.8 Å². The van der Waals surface area contributed by atoms with E-state index >= 15 is 0 Å². The number of carbonyl (C=O) groups is 1. The topological polar surface area (TPSA) is 74.7 Å². The Morgan fingerprint density at radius 2 is 1.73 bits per heavy atom. The average molecular weight is 371 g/mol. The molecule has 1 N–H and O–H groups in total. The number of aryl methyl sites for hydroxylation is 2. The van der Waals surface area contributed by atoms with Gasteiger partial charge in [-0.05, 0) is 37.5 Å². The first-order chi connectivity index (χ1) is 12.3. The number of hydrogen-bond donors (Lipinski definition) is 1. The van der Waals surface area contributed by atoms with Gasteiger partial charge in [-0.1, -0.05) is 54.1 Å². The third-order valence-corrected chi connectivity index (χ3v) is 6.69. The number of rotatable bonds is 4. The summed E-state index contributed by atoms with van der Waals surface area (Å²) in [5.41, 5.74) is 2.68. The van der Waals surface area contributed by atoms with E-state index in [1.807, 2.05) is 31.2 Å². The molecule has 1 atom stereocenters. The highest BCUT2D eigenvalue weighted by atomic mass is 32.2. The maximum atomic E-state index is 13.3. The second-order valence-electron chi connectivity index (χ2n) is 6.51. The van der Waals surface area contributed by atoms with Crippen LogP contribution >= 0.6 is 0 Å². The van der Waals surface area contributed by atoms with Crippen molar-refractivity contribution in [2.75, 3.05) is 6.54 Å². The fourth-order valence-electron chi connectivity index (χ4n) is 3.18. The summed E-state index contributed by atoms with van der Waals surface area (Å²) >= 11 is 0. The zero-order chi connectivity index (χ0) is 18.9. The number of hydrogen-bond acceptors (Lipinski definition) is 3. The molecule has 0 fully saturated rings. The van der Waals surface area contributed by atoms with Crippen molar-refractivity contribution in [3.05, 3.63) is 76.9 Å². The Bertz CT molecular complexity index is 962. The fourth-order valence-corrected chi connectivity index (χ4v) is 5.01. The van der Waals surface area contributed by atoms with Crippen molar-refractivity contribution < 1.29 is 18.3 Å². The Balaban J connectivity index is 2.10. The predicted molar refractivity (Wildman–Crippen MR) is 99.3 cm³/mol. The Kier molecular flexibility index (Phi) is 4.98. The molecule has 1 unspecified atom stereocenters. The van der Waals surface area contributed by atoms with E-state index in [-0.39, 0.29) is 17.0 Å². The van der Waals surface area contributed by atoms with Crippen LogP contribution in [0.25, 0.3) is 0 Å². The van der Waals surface area contributed by atoms with Crippen LogP contribution in [0.3, 0.4) is 0 Å². The second-order valence-corrected chi connectivity index (χ2v) is 8.37. The van der Waals surface area contributed by atoms with Crippen LogP contribution in [0.5, 0.6) is 0 Å². The van der Waals surface area contributed by atoms with E-state index in [1.54, 1.807) is 37.3 Å². The molecule has 2 aromatic carbocycles. The normalized spacial score (nSPS) is 18.4. The highest BCUT2D eigenvalue weighted by molar-refractivity contribution is 7.89. The zero-order valence-electron chi connectivity index (χ0n) is 14.7. The Labute approximate surface area is 153 Å². The van der Waals surface area contributed by atoms with Crippen LogP contribution in [0.15, 0.2) is 65.1 Å². The lowest BCUT2D eigenvalue weighted by atomic mass is 9.97. The molecule has 0 saturated heterocycles. The number of carboxylic acids is 1. The van der Waals surface area contributed by atoms with Gasteiger partial charge in [0.05, 0.1) is 10.9 Å². The number of sulfonamides is 1. The van der Waals surface area contributed by atoms with Crippen LogP contribution < -0.4 is 0 Å². The summed E-state index contributed by atoms with van der Waals surface area (Å²) in [6, 6.07) is 14.0. The lowest BCUT2D eigenvalue weighted by Crippen LogP contribution is -2.40. The van der Waals surface area contributed by atoms with Crippen molar-refractivity contribution in [2.24, 2.45) is 0 Å². The molecule has 0 spiro atoms. The molecule has 5 nitrogen and oxygen atoms in total. The minimum absolute atomic E-state index is 0.102. The maximum Gasteiger partial charge on any atom is 0.332 e. The minimum Gasteiger partial charge on any atom is -0.478 e. The summed E-state index contributed by atoms with van der Waals surface area (Å²) < 4.78 is 28.0. The Morgan fingerprint density at radius 3 is 2.35 bits per heavy atom. The van der Waals surface area contributed by atoms with Crippen molar-refractivity contribution in [2.45, 2.75) is 31.2 Å². The van der Waals surface area contributed by atoms with Crippen molar-refractivity contribution in [1.29, 1.82) is 0 Å².